The molecule has 0 spiro atoms. The van der Waals surface area contributed by atoms with Crippen molar-refractivity contribution in [3.8, 4) is 0 Å². The molecule has 0 amide bonds. The van der Waals surface area contributed by atoms with Gasteiger partial charge in [0.25, 0.3) is 0 Å². The van der Waals surface area contributed by atoms with Crippen LogP contribution in [-0.2, 0) is 0 Å². The van der Waals surface area contributed by atoms with Gasteiger partial charge < -0.3 is 0 Å². The lowest BCUT2D eigenvalue weighted by atomic mass is 9.90. The summed E-state index contributed by atoms with van der Waals surface area (Å²) in [5.74, 6) is 0.0960. The number of ketones is 1. The van der Waals surface area contributed by atoms with Crippen molar-refractivity contribution in [2.24, 2.45) is 5.41 Å². The van der Waals surface area contributed by atoms with Crippen LogP contribution in [0.1, 0.15) is 45.7 Å². The Bertz CT molecular complexity index is 369. The summed E-state index contributed by atoms with van der Waals surface area (Å²) in [4.78, 5) is 24.0. The first-order valence-electron chi connectivity index (χ1n) is 4.46. The van der Waals surface area contributed by atoms with Gasteiger partial charge in [0.15, 0.2) is 12.1 Å². The van der Waals surface area contributed by atoms with Crippen molar-refractivity contribution in [3.63, 3.8) is 0 Å². The van der Waals surface area contributed by atoms with Crippen LogP contribution < -0.4 is 0 Å². The van der Waals surface area contributed by atoms with Crippen molar-refractivity contribution < 1.29 is 9.59 Å². The second-order valence-electron chi connectivity index (χ2n) is 4.32. The Labute approximate surface area is 87.9 Å². The summed E-state index contributed by atoms with van der Waals surface area (Å²) in [6.07, 6.45) is 0.797. The number of carbonyl (C=O) groups excluding carboxylic acids is 2. The number of rotatable bonds is 2. The molecule has 2 nitrogen and oxygen atoms in total. The lowest BCUT2D eigenvalue weighted by Crippen LogP contribution is -2.18. The van der Waals surface area contributed by atoms with E-state index in [4.69, 9.17) is 0 Å². The molecular formula is C11H14O2S. The Morgan fingerprint density at radius 2 is 2.00 bits per heavy atom. The van der Waals surface area contributed by atoms with Crippen LogP contribution in [0.25, 0.3) is 0 Å². The molecule has 0 N–H and O–H groups in total. The third-order valence-electron chi connectivity index (χ3n) is 1.99. The Morgan fingerprint density at radius 1 is 1.43 bits per heavy atom. The number of carbonyl (C=O) groups is 2. The van der Waals surface area contributed by atoms with E-state index >= 15 is 0 Å². The molecule has 0 unspecified atom stereocenters. The average molecular weight is 210 g/mol. The van der Waals surface area contributed by atoms with Gasteiger partial charge in [-0.1, -0.05) is 20.8 Å². The van der Waals surface area contributed by atoms with Crippen molar-refractivity contribution in [1.29, 1.82) is 0 Å². The zero-order valence-corrected chi connectivity index (χ0v) is 9.70. The third-order valence-corrected chi connectivity index (χ3v) is 3.05. The topological polar surface area (TPSA) is 34.1 Å². The van der Waals surface area contributed by atoms with Crippen LogP contribution in [0, 0.1) is 12.3 Å². The highest BCUT2D eigenvalue weighted by Crippen LogP contribution is 2.27. The summed E-state index contributed by atoms with van der Waals surface area (Å²) < 4.78 is 0. The van der Waals surface area contributed by atoms with Crippen LogP contribution in [0.4, 0.5) is 0 Å². The van der Waals surface area contributed by atoms with Crippen molar-refractivity contribution >= 4 is 23.4 Å². The van der Waals surface area contributed by atoms with Crippen molar-refractivity contribution in [2.75, 3.05) is 0 Å². The summed E-state index contributed by atoms with van der Waals surface area (Å²) in [5.41, 5.74) is 0.250. The summed E-state index contributed by atoms with van der Waals surface area (Å²) in [6.45, 7) is 7.49. The van der Waals surface area contributed by atoms with E-state index in [1.54, 1.807) is 6.07 Å². The SMILES string of the molecule is Cc1sc(C(=O)C(C)(C)C)cc1C=O. The Balaban J connectivity index is 3.09. The Kier molecular flexibility index (Phi) is 2.90. The number of thiophene rings is 1. The van der Waals surface area contributed by atoms with Gasteiger partial charge in [0.1, 0.15) is 0 Å². The third kappa shape index (κ3) is 2.10. The van der Waals surface area contributed by atoms with E-state index in [0.29, 0.717) is 10.4 Å². The molecule has 3 heteroatoms. The van der Waals surface area contributed by atoms with Crippen LogP contribution in [0.5, 0.6) is 0 Å². The lowest BCUT2D eigenvalue weighted by Gasteiger charge is -2.14. The minimum absolute atomic E-state index is 0.0960. The first kappa shape index (κ1) is 11.1. The average Bonchev–Trinajstić information content (AvgIpc) is 2.43. The maximum absolute atomic E-state index is 11.8. The van der Waals surface area contributed by atoms with Crippen LogP contribution in [0.15, 0.2) is 6.07 Å². The molecule has 76 valence electrons. The first-order chi connectivity index (χ1) is 6.36. The molecule has 0 atom stereocenters. The normalized spacial score (nSPS) is 11.4. The van der Waals surface area contributed by atoms with E-state index in [9.17, 15) is 9.59 Å². The molecule has 0 saturated heterocycles. The molecule has 0 aliphatic rings. The molecule has 1 aromatic heterocycles. The van der Waals surface area contributed by atoms with Gasteiger partial charge in [0.2, 0.25) is 0 Å². The van der Waals surface area contributed by atoms with E-state index in [0.717, 1.165) is 11.2 Å². The van der Waals surface area contributed by atoms with Gasteiger partial charge in [-0.3, -0.25) is 9.59 Å². The standard InChI is InChI=1S/C11H14O2S/c1-7-8(6-12)5-9(14-7)10(13)11(2,3)4/h5-6H,1-4H3. The lowest BCUT2D eigenvalue weighted by molar-refractivity contribution is 0.0863. The van der Waals surface area contributed by atoms with Crippen LogP contribution in [0.2, 0.25) is 0 Å². The summed E-state index contributed by atoms with van der Waals surface area (Å²) in [7, 11) is 0. The molecule has 14 heavy (non-hydrogen) atoms. The minimum atomic E-state index is -0.378. The number of hydrogen-bond acceptors (Lipinski definition) is 3. The zero-order chi connectivity index (χ0) is 10.9. The van der Waals surface area contributed by atoms with Gasteiger partial charge in [-0.2, -0.15) is 0 Å². The monoisotopic (exact) mass is 210 g/mol. The van der Waals surface area contributed by atoms with Crippen molar-refractivity contribution in [2.45, 2.75) is 27.7 Å². The fourth-order valence-electron chi connectivity index (χ4n) is 1.09. The van der Waals surface area contributed by atoms with E-state index < -0.39 is 0 Å². The summed E-state index contributed by atoms with van der Waals surface area (Å²) >= 11 is 1.39. The number of hydrogen-bond donors (Lipinski definition) is 0. The number of aldehydes is 1. The minimum Gasteiger partial charge on any atom is -0.298 e. The van der Waals surface area contributed by atoms with Crippen LogP contribution >= 0.6 is 11.3 Å². The highest BCUT2D eigenvalue weighted by atomic mass is 32.1. The molecule has 0 aliphatic heterocycles. The maximum atomic E-state index is 11.8. The van der Waals surface area contributed by atoms with Gasteiger partial charge in [0, 0.05) is 15.9 Å². The largest absolute Gasteiger partial charge is 0.298 e. The summed E-state index contributed by atoms with van der Waals surface area (Å²) in [6, 6.07) is 1.68. The Hall–Kier alpha value is -0.960. The second-order valence-corrected chi connectivity index (χ2v) is 5.58. The van der Waals surface area contributed by atoms with Gasteiger partial charge in [0.05, 0.1) is 4.88 Å². The van der Waals surface area contributed by atoms with Crippen molar-refractivity contribution in [3.05, 3.63) is 21.4 Å². The molecule has 1 aromatic rings. The fraction of sp³-hybridized carbons (Fsp3) is 0.455. The predicted octanol–water partition coefficient (Wildman–Crippen LogP) is 3.10. The Morgan fingerprint density at radius 3 is 2.36 bits per heavy atom. The second kappa shape index (κ2) is 3.65. The molecular weight excluding hydrogens is 196 g/mol. The zero-order valence-electron chi connectivity index (χ0n) is 8.88. The maximum Gasteiger partial charge on any atom is 0.178 e. The van der Waals surface area contributed by atoms with Crippen molar-refractivity contribution in [1.82, 2.24) is 0 Å². The number of aryl methyl sites for hydroxylation is 1. The summed E-state index contributed by atoms with van der Waals surface area (Å²) in [5, 5.41) is 0. The van der Waals surface area contributed by atoms with E-state index in [1.165, 1.54) is 11.3 Å². The van der Waals surface area contributed by atoms with Gasteiger partial charge in [-0.15, -0.1) is 11.3 Å². The first-order valence-corrected chi connectivity index (χ1v) is 5.28. The molecule has 1 heterocycles. The predicted molar refractivity (Wildman–Crippen MR) is 58.2 cm³/mol. The van der Waals surface area contributed by atoms with Gasteiger partial charge >= 0.3 is 0 Å². The van der Waals surface area contributed by atoms with Gasteiger partial charge in [-0.25, -0.2) is 0 Å². The molecule has 0 aliphatic carbocycles. The molecule has 0 aromatic carbocycles. The van der Waals surface area contributed by atoms with Crippen LogP contribution in [0.3, 0.4) is 0 Å². The molecule has 0 radical (unpaired) electrons. The van der Waals surface area contributed by atoms with Crippen LogP contribution in [-0.4, -0.2) is 12.1 Å². The number of Topliss-reactive ketones (excluding diaryl/α,β-unsaturated/α-hetero) is 1. The molecule has 0 fully saturated rings. The molecule has 1 rings (SSSR count). The molecule has 0 saturated carbocycles. The van der Waals surface area contributed by atoms with E-state index in [2.05, 4.69) is 0 Å². The highest BCUT2D eigenvalue weighted by Gasteiger charge is 2.24. The van der Waals surface area contributed by atoms with Gasteiger partial charge in [-0.05, 0) is 13.0 Å². The smallest absolute Gasteiger partial charge is 0.178 e. The highest BCUT2D eigenvalue weighted by molar-refractivity contribution is 7.14. The quantitative estimate of drug-likeness (QED) is 0.555. The van der Waals surface area contributed by atoms with E-state index in [1.807, 2.05) is 27.7 Å². The molecule has 0 bridgehead atoms. The van der Waals surface area contributed by atoms with E-state index in [-0.39, 0.29) is 11.2 Å². The fourth-order valence-corrected chi connectivity index (χ4v) is 2.23.